The Balaban J connectivity index is 1.26. The Labute approximate surface area is 184 Å². The number of guanidine groups is 1. The molecule has 1 fully saturated rings. The second-order valence-electron chi connectivity index (χ2n) is 7.79. The van der Waals surface area contributed by atoms with Crippen LogP contribution >= 0.6 is 0 Å². The maximum atomic E-state index is 12.7. The Hall–Kier alpha value is -3.16. The summed E-state index contributed by atoms with van der Waals surface area (Å²) in [5, 5.41) is 3.39. The predicted molar refractivity (Wildman–Crippen MR) is 124 cm³/mol. The van der Waals surface area contributed by atoms with Crippen molar-refractivity contribution in [1.29, 1.82) is 0 Å². The SMILES string of the molecule is CCNC(=NCCCC(=O)N1CCc2ccccc21)N1CCN(c2ncccn2)CC1. The van der Waals surface area contributed by atoms with Gasteiger partial charge in [-0.2, -0.15) is 0 Å². The van der Waals surface area contributed by atoms with Crippen molar-refractivity contribution in [3.05, 3.63) is 48.3 Å². The zero-order chi connectivity index (χ0) is 21.5. The van der Waals surface area contributed by atoms with Gasteiger partial charge in [-0.05, 0) is 37.5 Å². The highest BCUT2D eigenvalue weighted by atomic mass is 16.2. The molecule has 0 spiro atoms. The van der Waals surface area contributed by atoms with E-state index in [1.165, 1.54) is 5.56 Å². The van der Waals surface area contributed by atoms with Crippen LogP contribution < -0.4 is 15.1 Å². The molecule has 0 radical (unpaired) electrons. The van der Waals surface area contributed by atoms with E-state index >= 15 is 0 Å². The summed E-state index contributed by atoms with van der Waals surface area (Å²) < 4.78 is 0. The first-order chi connectivity index (χ1) is 15.3. The Morgan fingerprint density at radius 3 is 2.61 bits per heavy atom. The van der Waals surface area contributed by atoms with E-state index in [-0.39, 0.29) is 5.91 Å². The molecule has 0 bridgehead atoms. The average Bonchev–Trinajstić information content (AvgIpc) is 3.26. The van der Waals surface area contributed by atoms with Crippen molar-refractivity contribution in [2.24, 2.45) is 4.99 Å². The maximum Gasteiger partial charge on any atom is 0.227 e. The Bertz CT molecular complexity index is 894. The maximum absolute atomic E-state index is 12.7. The molecule has 164 valence electrons. The van der Waals surface area contributed by atoms with Crippen LogP contribution in [0.5, 0.6) is 0 Å². The van der Waals surface area contributed by atoms with Gasteiger partial charge in [0, 0.05) is 70.3 Å². The molecule has 0 aliphatic carbocycles. The van der Waals surface area contributed by atoms with Gasteiger partial charge >= 0.3 is 0 Å². The molecule has 1 aromatic carbocycles. The molecule has 8 heteroatoms. The average molecular weight is 422 g/mol. The summed E-state index contributed by atoms with van der Waals surface area (Å²) in [5.74, 6) is 1.91. The molecule has 2 aliphatic rings. The molecule has 2 aliphatic heterocycles. The van der Waals surface area contributed by atoms with Crippen molar-refractivity contribution in [3.8, 4) is 0 Å². The van der Waals surface area contributed by atoms with Crippen molar-refractivity contribution < 1.29 is 4.79 Å². The topological polar surface area (TPSA) is 77.0 Å². The zero-order valence-electron chi connectivity index (χ0n) is 18.2. The monoisotopic (exact) mass is 421 g/mol. The van der Waals surface area contributed by atoms with Crippen LogP contribution in [-0.2, 0) is 11.2 Å². The number of hydrogen-bond donors (Lipinski definition) is 1. The molecule has 8 nitrogen and oxygen atoms in total. The second kappa shape index (κ2) is 10.2. The van der Waals surface area contributed by atoms with Gasteiger partial charge in [0.05, 0.1) is 0 Å². The molecule has 3 heterocycles. The number of anilines is 2. The minimum absolute atomic E-state index is 0.196. The molecule has 0 unspecified atom stereocenters. The molecule has 1 N–H and O–H groups in total. The number of piperazine rings is 1. The fourth-order valence-electron chi connectivity index (χ4n) is 4.15. The zero-order valence-corrected chi connectivity index (χ0v) is 18.2. The highest BCUT2D eigenvalue weighted by molar-refractivity contribution is 5.95. The van der Waals surface area contributed by atoms with Crippen LogP contribution in [0, 0.1) is 0 Å². The Morgan fingerprint density at radius 2 is 1.84 bits per heavy atom. The number of aromatic nitrogens is 2. The number of amides is 1. The Kier molecular flexibility index (Phi) is 6.96. The lowest BCUT2D eigenvalue weighted by atomic mass is 10.2. The van der Waals surface area contributed by atoms with Crippen molar-refractivity contribution in [3.63, 3.8) is 0 Å². The van der Waals surface area contributed by atoms with Crippen LogP contribution in [-0.4, -0.2) is 72.5 Å². The summed E-state index contributed by atoms with van der Waals surface area (Å²) in [6.07, 6.45) is 5.79. The Morgan fingerprint density at radius 1 is 1.06 bits per heavy atom. The van der Waals surface area contributed by atoms with Gasteiger partial charge in [-0.15, -0.1) is 0 Å². The van der Waals surface area contributed by atoms with Crippen LogP contribution in [0.2, 0.25) is 0 Å². The smallest absolute Gasteiger partial charge is 0.227 e. The first kappa shape index (κ1) is 21.1. The van der Waals surface area contributed by atoms with Crippen molar-refractivity contribution in [1.82, 2.24) is 20.2 Å². The van der Waals surface area contributed by atoms with E-state index in [2.05, 4.69) is 38.1 Å². The molecule has 0 saturated carbocycles. The van der Waals surface area contributed by atoms with Crippen molar-refractivity contribution in [2.45, 2.75) is 26.2 Å². The van der Waals surface area contributed by atoms with Crippen molar-refractivity contribution in [2.75, 3.05) is 55.6 Å². The predicted octanol–water partition coefficient (Wildman–Crippen LogP) is 1.93. The van der Waals surface area contributed by atoms with Crippen LogP contribution in [0.25, 0.3) is 0 Å². The first-order valence-corrected chi connectivity index (χ1v) is 11.2. The van der Waals surface area contributed by atoms with Gasteiger partial charge in [0.2, 0.25) is 11.9 Å². The summed E-state index contributed by atoms with van der Waals surface area (Å²) in [5.41, 5.74) is 2.34. The number of carbonyl (C=O) groups is 1. The summed E-state index contributed by atoms with van der Waals surface area (Å²) in [6, 6.07) is 10.0. The highest BCUT2D eigenvalue weighted by Gasteiger charge is 2.24. The molecular formula is C23H31N7O. The van der Waals surface area contributed by atoms with E-state index in [4.69, 9.17) is 4.99 Å². The fraction of sp³-hybridized carbons (Fsp3) is 0.478. The van der Waals surface area contributed by atoms with Gasteiger partial charge in [0.25, 0.3) is 0 Å². The van der Waals surface area contributed by atoms with Gasteiger partial charge in [-0.3, -0.25) is 9.79 Å². The van der Waals surface area contributed by atoms with E-state index in [9.17, 15) is 4.79 Å². The summed E-state index contributed by atoms with van der Waals surface area (Å²) >= 11 is 0. The first-order valence-electron chi connectivity index (χ1n) is 11.2. The summed E-state index contributed by atoms with van der Waals surface area (Å²) in [6.45, 7) is 7.80. The van der Waals surface area contributed by atoms with E-state index in [0.717, 1.165) is 69.7 Å². The molecule has 4 rings (SSSR count). The molecule has 31 heavy (non-hydrogen) atoms. The third-order valence-corrected chi connectivity index (χ3v) is 5.75. The number of rotatable bonds is 6. The minimum Gasteiger partial charge on any atom is -0.357 e. The molecule has 0 atom stereocenters. The summed E-state index contributed by atoms with van der Waals surface area (Å²) in [7, 11) is 0. The lowest BCUT2D eigenvalue weighted by Gasteiger charge is -2.36. The number of fused-ring (bicyclic) bond motifs is 1. The number of benzene rings is 1. The lowest BCUT2D eigenvalue weighted by Crippen LogP contribution is -2.53. The number of hydrogen-bond acceptors (Lipinski definition) is 5. The number of nitrogens with zero attached hydrogens (tertiary/aromatic N) is 6. The van der Waals surface area contributed by atoms with Gasteiger partial charge in [-0.1, -0.05) is 18.2 Å². The molecule has 1 amide bonds. The van der Waals surface area contributed by atoms with Crippen LogP contribution in [0.15, 0.2) is 47.7 Å². The number of para-hydroxylation sites is 1. The number of carbonyl (C=O) groups excluding carboxylic acids is 1. The van der Waals surface area contributed by atoms with Crippen LogP contribution in [0.3, 0.4) is 0 Å². The van der Waals surface area contributed by atoms with Crippen molar-refractivity contribution >= 4 is 23.5 Å². The fourth-order valence-corrected chi connectivity index (χ4v) is 4.15. The van der Waals surface area contributed by atoms with Crippen LogP contribution in [0.4, 0.5) is 11.6 Å². The highest BCUT2D eigenvalue weighted by Crippen LogP contribution is 2.28. The number of aliphatic imine (C=N–C) groups is 1. The third kappa shape index (κ3) is 5.13. The van der Waals surface area contributed by atoms with Gasteiger partial charge in [-0.25, -0.2) is 9.97 Å². The van der Waals surface area contributed by atoms with E-state index < -0.39 is 0 Å². The van der Waals surface area contributed by atoms with Gasteiger partial charge in [0.15, 0.2) is 5.96 Å². The third-order valence-electron chi connectivity index (χ3n) is 5.75. The molecular weight excluding hydrogens is 390 g/mol. The number of nitrogens with one attached hydrogen (secondary N) is 1. The lowest BCUT2D eigenvalue weighted by molar-refractivity contribution is -0.118. The standard InChI is InChI=1S/C23H31N7O/c1-2-24-22(28-15-17-29(18-16-28)23-26-12-6-13-27-23)25-11-5-9-21(31)30-14-10-19-7-3-4-8-20(19)30/h3-4,6-8,12-13H,2,5,9-11,14-18H2,1H3,(H,24,25). The van der Waals surface area contributed by atoms with E-state index in [0.29, 0.717) is 13.0 Å². The van der Waals surface area contributed by atoms with Gasteiger partial charge in [0.1, 0.15) is 0 Å². The van der Waals surface area contributed by atoms with E-state index in [1.807, 2.05) is 29.2 Å². The largest absolute Gasteiger partial charge is 0.357 e. The second-order valence-corrected chi connectivity index (χ2v) is 7.79. The quantitative estimate of drug-likeness (QED) is 0.436. The normalized spacial score (nSPS) is 16.4. The van der Waals surface area contributed by atoms with E-state index in [1.54, 1.807) is 12.4 Å². The summed E-state index contributed by atoms with van der Waals surface area (Å²) in [4.78, 5) is 32.6. The van der Waals surface area contributed by atoms with Gasteiger partial charge < -0.3 is 20.0 Å². The minimum atomic E-state index is 0.196. The molecule has 1 saturated heterocycles. The molecule has 1 aromatic heterocycles. The van der Waals surface area contributed by atoms with Crippen LogP contribution in [0.1, 0.15) is 25.3 Å². The molecule has 2 aromatic rings.